The van der Waals surface area contributed by atoms with Crippen LogP contribution in [0.2, 0.25) is 0 Å². The lowest BCUT2D eigenvalue weighted by atomic mass is 10.1. The Balaban J connectivity index is 0.00000264. The van der Waals surface area contributed by atoms with Crippen molar-refractivity contribution < 1.29 is 20.0 Å². The van der Waals surface area contributed by atoms with Crippen LogP contribution in [0.15, 0.2) is 23.5 Å². The van der Waals surface area contributed by atoms with E-state index in [2.05, 4.69) is 22.0 Å². The van der Waals surface area contributed by atoms with Crippen LogP contribution < -0.4 is 9.88 Å². The molecule has 0 spiro atoms. The van der Waals surface area contributed by atoms with Gasteiger partial charge in [0.05, 0.1) is 5.69 Å². The zero-order chi connectivity index (χ0) is 16.3. The molecule has 0 unspecified atom stereocenters. The number of ether oxygens (including phenoxy) is 1. The number of piperazine rings is 1. The molecule has 2 N–H and O–H groups in total. The van der Waals surface area contributed by atoms with Gasteiger partial charge in [-0.1, -0.05) is 0 Å². The molecule has 128 valence electrons. The van der Waals surface area contributed by atoms with Gasteiger partial charge in [-0.15, -0.1) is 0 Å². The van der Waals surface area contributed by atoms with Crippen molar-refractivity contribution in [3.63, 3.8) is 0 Å². The number of carbonyl (C=O) groups is 1. The lowest BCUT2D eigenvalue weighted by Gasteiger charge is -2.41. The molecule has 0 radical (unpaired) electrons. The summed E-state index contributed by atoms with van der Waals surface area (Å²) in [6.45, 7) is 9.56. The first kappa shape index (κ1) is 18.8. The number of nitrogens with zero attached hydrogens (tertiary/aromatic N) is 3. The zero-order valence-electron chi connectivity index (χ0n) is 13.9. The van der Waals surface area contributed by atoms with Gasteiger partial charge in [0.1, 0.15) is 11.8 Å². The summed E-state index contributed by atoms with van der Waals surface area (Å²) in [6.07, 6.45) is 1.49. The Morgan fingerprint density at radius 1 is 1.35 bits per heavy atom. The van der Waals surface area contributed by atoms with E-state index < -0.39 is 5.60 Å². The number of aromatic amines is 1. The highest BCUT2D eigenvalue weighted by Crippen LogP contribution is 2.21. The Kier molecular flexibility index (Phi) is 6.03. The van der Waals surface area contributed by atoms with Gasteiger partial charge in [0, 0.05) is 31.7 Å². The molecule has 1 aromatic heterocycles. The van der Waals surface area contributed by atoms with Gasteiger partial charge in [0.15, 0.2) is 0 Å². The fourth-order valence-electron chi connectivity index (χ4n) is 2.48. The first-order chi connectivity index (χ1) is 10.3. The second-order valence-electron chi connectivity index (χ2n) is 6.49. The maximum Gasteiger partial charge on any atom is 0.410 e. The van der Waals surface area contributed by atoms with Gasteiger partial charge in [0.25, 0.3) is 0 Å². The molecule has 1 aliphatic rings. The first-order valence-corrected chi connectivity index (χ1v) is 7.40. The Morgan fingerprint density at radius 2 is 2.04 bits per heavy atom. The third-order valence-electron chi connectivity index (χ3n) is 3.49. The topological polar surface area (TPSA) is 106 Å². The van der Waals surface area contributed by atoms with E-state index in [1.54, 1.807) is 17.2 Å². The number of H-pyrrole nitrogens is 1. The second-order valence-corrected chi connectivity index (χ2v) is 6.49. The number of carbonyl (C=O) groups excluding carboxylic acids is 1. The number of hydrogen-bond donors (Lipinski definition) is 0. The van der Waals surface area contributed by atoms with E-state index in [1.807, 2.05) is 26.8 Å². The van der Waals surface area contributed by atoms with Gasteiger partial charge in [-0.05, 0) is 38.7 Å². The highest BCUT2D eigenvalue weighted by atomic mass is 16.6. The summed E-state index contributed by atoms with van der Waals surface area (Å²) in [5.74, 6) is 0.295. The minimum absolute atomic E-state index is 0. The predicted molar refractivity (Wildman–Crippen MR) is 85.0 cm³/mol. The molecule has 1 aliphatic heterocycles. The van der Waals surface area contributed by atoms with Crippen LogP contribution in [0.1, 0.15) is 27.7 Å². The van der Waals surface area contributed by atoms with E-state index >= 15 is 0 Å². The maximum absolute atomic E-state index is 12.1. The molecule has 8 nitrogen and oxygen atoms in total. The monoisotopic (exact) mass is 324 g/mol. The van der Waals surface area contributed by atoms with Crippen LogP contribution in [-0.2, 0) is 4.74 Å². The number of pyridine rings is 1. The van der Waals surface area contributed by atoms with Crippen molar-refractivity contribution in [3.8, 4) is 0 Å². The van der Waals surface area contributed by atoms with Gasteiger partial charge in [-0.25, -0.2) is 9.78 Å². The summed E-state index contributed by atoms with van der Waals surface area (Å²) in [6, 6.07) is 3.66. The van der Waals surface area contributed by atoms with Crippen LogP contribution >= 0.6 is 0 Å². The van der Waals surface area contributed by atoms with Gasteiger partial charge in [0.2, 0.25) is 5.18 Å². The molecule has 1 amide bonds. The molecule has 8 heteroatoms. The Hall–Kier alpha value is -2.22. The van der Waals surface area contributed by atoms with Crippen LogP contribution in [0.3, 0.4) is 0 Å². The Bertz CT molecular complexity index is 541. The van der Waals surface area contributed by atoms with Gasteiger partial charge in [-0.2, -0.15) is 0 Å². The summed E-state index contributed by atoms with van der Waals surface area (Å²) in [7, 11) is 0. The fourth-order valence-corrected chi connectivity index (χ4v) is 2.48. The standard InChI is InChI=1S/C15H22N4O3.H2O/c1-11-10-18(14(20)22-15(2,3)4)7-8-19(11)12-5-6-13(17-21)16-9-12;/h5-6,9,11H,7-8,10H2,1-4H3;1H2/t11-;/m1./s1. The average Bonchev–Trinajstić information content (AvgIpc) is 2.45. The van der Waals surface area contributed by atoms with Crippen molar-refractivity contribution in [2.75, 3.05) is 24.5 Å². The molecule has 2 rings (SSSR count). The summed E-state index contributed by atoms with van der Waals surface area (Å²) in [5, 5.41) is 2.85. The molecule has 0 aliphatic carbocycles. The minimum atomic E-state index is -0.482. The van der Waals surface area contributed by atoms with Crippen molar-refractivity contribution >= 4 is 17.6 Å². The summed E-state index contributed by atoms with van der Waals surface area (Å²) >= 11 is 0. The van der Waals surface area contributed by atoms with Crippen LogP contribution in [0.4, 0.5) is 16.3 Å². The van der Waals surface area contributed by atoms with Crippen LogP contribution in [0.5, 0.6) is 0 Å². The van der Waals surface area contributed by atoms with E-state index in [9.17, 15) is 9.70 Å². The molecule has 0 saturated carbocycles. The van der Waals surface area contributed by atoms with E-state index in [1.165, 1.54) is 0 Å². The van der Waals surface area contributed by atoms with Crippen molar-refractivity contribution in [1.82, 2.24) is 4.90 Å². The molecule has 0 bridgehead atoms. The summed E-state index contributed by atoms with van der Waals surface area (Å²) < 4.78 is 5.41. The number of aromatic nitrogens is 1. The van der Waals surface area contributed by atoms with Crippen LogP contribution in [0, 0.1) is 4.91 Å². The number of nitrogens with one attached hydrogen (secondary N) is 1. The van der Waals surface area contributed by atoms with E-state index in [0.717, 1.165) is 5.69 Å². The zero-order valence-corrected chi connectivity index (χ0v) is 13.9. The number of rotatable bonds is 2. The third-order valence-corrected chi connectivity index (χ3v) is 3.49. The maximum atomic E-state index is 12.1. The molecular weight excluding hydrogens is 300 g/mol. The van der Waals surface area contributed by atoms with Crippen molar-refractivity contribution in [2.24, 2.45) is 5.18 Å². The van der Waals surface area contributed by atoms with Gasteiger partial charge < -0.3 is 20.0 Å². The highest BCUT2D eigenvalue weighted by Gasteiger charge is 2.30. The molecule has 2 heterocycles. The number of hydrogen-bond acceptors (Lipinski definition) is 6. The Morgan fingerprint density at radius 3 is 2.52 bits per heavy atom. The van der Waals surface area contributed by atoms with Crippen molar-refractivity contribution in [1.29, 1.82) is 0 Å². The quantitative estimate of drug-likeness (QED) is 0.775. The average molecular weight is 324 g/mol. The summed E-state index contributed by atoms with van der Waals surface area (Å²) in [5.41, 5.74) is 0.494. The number of amides is 1. The van der Waals surface area contributed by atoms with E-state index in [0.29, 0.717) is 25.5 Å². The van der Waals surface area contributed by atoms with Crippen LogP contribution in [-0.4, -0.2) is 47.7 Å². The molecule has 1 atom stereocenters. The molecule has 23 heavy (non-hydrogen) atoms. The second kappa shape index (κ2) is 7.36. The van der Waals surface area contributed by atoms with E-state index in [4.69, 9.17) is 4.74 Å². The van der Waals surface area contributed by atoms with Gasteiger partial charge >= 0.3 is 11.9 Å². The number of nitroso groups, excluding NO2 is 1. The number of anilines is 1. The highest BCUT2D eigenvalue weighted by molar-refractivity contribution is 5.68. The SMILES string of the molecule is C[C@@H]1CN(C(=O)OC(C)(C)C)CCN1c1ccc(N=O)[nH+]c1.[OH-]. The molecule has 1 aromatic rings. The Labute approximate surface area is 135 Å². The predicted octanol–water partition coefficient (Wildman–Crippen LogP) is 2.17. The minimum Gasteiger partial charge on any atom is -0.870 e. The lowest BCUT2D eigenvalue weighted by Crippen LogP contribution is -2.54. The van der Waals surface area contributed by atoms with Gasteiger partial charge in [-0.3, -0.25) is 0 Å². The molecule has 0 aromatic carbocycles. The van der Waals surface area contributed by atoms with Crippen molar-refractivity contribution in [2.45, 2.75) is 39.3 Å². The third kappa shape index (κ3) is 4.88. The molecular formula is C15H24N4O4. The summed E-state index contributed by atoms with van der Waals surface area (Å²) in [4.78, 5) is 29.3. The molecule has 1 saturated heterocycles. The normalized spacial score (nSPS) is 18.2. The lowest BCUT2D eigenvalue weighted by molar-refractivity contribution is -0.362. The smallest absolute Gasteiger partial charge is 0.410 e. The fraction of sp³-hybridized carbons (Fsp3) is 0.600. The van der Waals surface area contributed by atoms with Crippen LogP contribution in [0.25, 0.3) is 0 Å². The first-order valence-electron chi connectivity index (χ1n) is 7.40. The van der Waals surface area contributed by atoms with Crippen molar-refractivity contribution in [3.05, 3.63) is 23.2 Å². The largest absolute Gasteiger partial charge is 0.870 e. The molecule has 1 fully saturated rings. The van der Waals surface area contributed by atoms with E-state index in [-0.39, 0.29) is 17.6 Å².